The van der Waals surface area contributed by atoms with Crippen LogP contribution in [0.3, 0.4) is 0 Å². The van der Waals surface area contributed by atoms with Crippen molar-refractivity contribution in [2.24, 2.45) is 11.0 Å². The Hall–Kier alpha value is -4.17. The first-order chi connectivity index (χ1) is 18.0. The predicted octanol–water partition coefficient (Wildman–Crippen LogP) is 5.91. The van der Waals surface area contributed by atoms with Gasteiger partial charge in [-0.05, 0) is 75.1 Å². The molecule has 188 valence electrons. The van der Waals surface area contributed by atoms with Crippen molar-refractivity contribution in [2.75, 3.05) is 12.4 Å². The van der Waals surface area contributed by atoms with Crippen LogP contribution in [0.1, 0.15) is 18.1 Å². The first kappa shape index (κ1) is 25.9. The van der Waals surface area contributed by atoms with Crippen LogP contribution in [0.15, 0.2) is 94.5 Å². The number of hydrogen-bond donors (Lipinski definition) is 2. The molecule has 0 spiro atoms. The van der Waals surface area contributed by atoms with Crippen LogP contribution in [0, 0.1) is 5.92 Å². The van der Waals surface area contributed by atoms with Crippen LogP contribution < -0.4 is 20.2 Å². The number of ether oxygens (including phenoxy) is 2. The van der Waals surface area contributed by atoms with Crippen LogP contribution in [0.2, 0.25) is 0 Å². The summed E-state index contributed by atoms with van der Waals surface area (Å²) in [5.41, 5.74) is 4.77. The summed E-state index contributed by atoms with van der Waals surface area (Å²) in [6.07, 6.45) is 1.48. The zero-order valence-electron chi connectivity index (χ0n) is 20.4. The molecule has 8 heteroatoms. The highest BCUT2D eigenvalue weighted by Crippen LogP contribution is 2.29. The SMILES string of the molecule is COc1cc(C=NNC(=O)C(C)C(=O)Nc2ccccc2Br)ccc1OCc1cccc2ccccc12. The van der Waals surface area contributed by atoms with Gasteiger partial charge >= 0.3 is 0 Å². The molecular formula is C29H26BrN3O4. The number of nitrogens with zero attached hydrogens (tertiary/aromatic N) is 1. The van der Waals surface area contributed by atoms with E-state index in [1.807, 2.05) is 30.3 Å². The molecule has 2 amide bonds. The van der Waals surface area contributed by atoms with Gasteiger partial charge in [0.05, 0.1) is 19.0 Å². The number of para-hydroxylation sites is 1. The van der Waals surface area contributed by atoms with Gasteiger partial charge in [-0.25, -0.2) is 5.43 Å². The van der Waals surface area contributed by atoms with Gasteiger partial charge in [-0.1, -0.05) is 54.6 Å². The molecule has 4 aromatic carbocycles. The summed E-state index contributed by atoms with van der Waals surface area (Å²) in [7, 11) is 1.56. The molecule has 0 aliphatic rings. The van der Waals surface area contributed by atoms with E-state index in [9.17, 15) is 9.59 Å². The average Bonchev–Trinajstić information content (AvgIpc) is 2.92. The second-order valence-corrected chi connectivity index (χ2v) is 9.12. The Morgan fingerprint density at radius 3 is 2.51 bits per heavy atom. The van der Waals surface area contributed by atoms with E-state index in [2.05, 4.69) is 50.0 Å². The molecule has 0 aromatic heterocycles. The molecule has 0 radical (unpaired) electrons. The number of carbonyl (C=O) groups is 2. The van der Waals surface area contributed by atoms with E-state index in [0.29, 0.717) is 29.4 Å². The van der Waals surface area contributed by atoms with Crippen LogP contribution >= 0.6 is 15.9 Å². The number of fused-ring (bicyclic) bond motifs is 1. The maximum atomic E-state index is 12.4. The number of amides is 2. The van der Waals surface area contributed by atoms with Crippen LogP contribution in [-0.4, -0.2) is 25.1 Å². The quantitative estimate of drug-likeness (QED) is 0.151. The highest BCUT2D eigenvalue weighted by molar-refractivity contribution is 9.10. The molecule has 1 unspecified atom stereocenters. The van der Waals surface area contributed by atoms with Gasteiger partial charge in [-0.3, -0.25) is 9.59 Å². The van der Waals surface area contributed by atoms with E-state index in [1.54, 1.807) is 43.5 Å². The zero-order valence-corrected chi connectivity index (χ0v) is 22.0. The maximum absolute atomic E-state index is 12.4. The molecule has 4 aromatic rings. The highest BCUT2D eigenvalue weighted by Gasteiger charge is 2.21. The zero-order chi connectivity index (χ0) is 26.2. The Kier molecular flexibility index (Phi) is 8.53. The second kappa shape index (κ2) is 12.2. The van der Waals surface area contributed by atoms with Gasteiger partial charge in [0.1, 0.15) is 12.5 Å². The maximum Gasteiger partial charge on any atom is 0.252 e. The van der Waals surface area contributed by atoms with Gasteiger partial charge in [-0.2, -0.15) is 5.10 Å². The second-order valence-electron chi connectivity index (χ2n) is 8.26. The molecule has 0 heterocycles. The molecule has 1 atom stereocenters. The van der Waals surface area contributed by atoms with Crippen LogP contribution in [0.5, 0.6) is 11.5 Å². The number of nitrogens with one attached hydrogen (secondary N) is 2. The lowest BCUT2D eigenvalue weighted by atomic mass is 10.1. The Bertz CT molecular complexity index is 1450. The number of halogens is 1. The minimum atomic E-state index is -0.941. The Balaban J connectivity index is 1.35. The molecule has 0 saturated heterocycles. The topological polar surface area (TPSA) is 89.0 Å². The summed E-state index contributed by atoms with van der Waals surface area (Å²) in [6, 6.07) is 26.8. The van der Waals surface area contributed by atoms with Gasteiger partial charge in [0.25, 0.3) is 5.91 Å². The van der Waals surface area contributed by atoms with Gasteiger partial charge in [0, 0.05) is 4.47 Å². The largest absolute Gasteiger partial charge is 0.493 e. The van der Waals surface area contributed by atoms with E-state index < -0.39 is 17.7 Å². The highest BCUT2D eigenvalue weighted by atomic mass is 79.9. The van der Waals surface area contributed by atoms with E-state index >= 15 is 0 Å². The molecule has 7 nitrogen and oxygen atoms in total. The van der Waals surface area contributed by atoms with E-state index in [1.165, 1.54) is 13.1 Å². The van der Waals surface area contributed by atoms with Crippen LogP contribution in [0.25, 0.3) is 10.8 Å². The summed E-state index contributed by atoms with van der Waals surface area (Å²) in [5, 5.41) is 9.01. The van der Waals surface area contributed by atoms with Crippen LogP contribution in [0.4, 0.5) is 5.69 Å². The summed E-state index contributed by atoms with van der Waals surface area (Å²) < 4.78 is 12.3. The average molecular weight is 560 g/mol. The van der Waals surface area contributed by atoms with Crippen molar-refractivity contribution in [3.63, 3.8) is 0 Å². The summed E-state index contributed by atoms with van der Waals surface area (Å²) in [5.74, 6) is -0.772. The normalized spacial score (nSPS) is 11.8. The molecule has 37 heavy (non-hydrogen) atoms. The van der Waals surface area contributed by atoms with Crippen molar-refractivity contribution >= 4 is 50.4 Å². The van der Waals surface area contributed by atoms with E-state index in [-0.39, 0.29) is 0 Å². The lowest BCUT2D eigenvalue weighted by molar-refractivity contribution is -0.131. The molecule has 0 fully saturated rings. The number of benzene rings is 4. The fraction of sp³-hybridized carbons (Fsp3) is 0.138. The number of hydrazone groups is 1. The first-order valence-corrected chi connectivity index (χ1v) is 12.4. The molecule has 0 bridgehead atoms. The van der Waals surface area contributed by atoms with Crippen molar-refractivity contribution in [2.45, 2.75) is 13.5 Å². The third kappa shape index (κ3) is 6.54. The van der Waals surface area contributed by atoms with Crippen molar-refractivity contribution in [3.8, 4) is 11.5 Å². The van der Waals surface area contributed by atoms with Crippen molar-refractivity contribution in [3.05, 3.63) is 101 Å². The number of rotatable bonds is 9. The standard InChI is InChI=1S/C29H26BrN3O4/c1-19(28(34)32-25-13-6-5-12-24(25)30)29(35)33-31-17-20-14-15-26(27(16-20)36-2)37-18-22-10-7-9-21-8-3-4-11-23(21)22/h3-17,19H,18H2,1-2H3,(H,32,34)(H,33,35). The molecule has 2 N–H and O–H groups in total. The van der Waals surface area contributed by atoms with E-state index in [0.717, 1.165) is 20.8 Å². The molecule has 0 aliphatic heterocycles. The predicted molar refractivity (Wildman–Crippen MR) is 149 cm³/mol. The van der Waals surface area contributed by atoms with Crippen molar-refractivity contribution in [1.29, 1.82) is 0 Å². The Morgan fingerprint density at radius 2 is 1.70 bits per heavy atom. The third-order valence-corrected chi connectivity index (χ3v) is 6.45. The monoisotopic (exact) mass is 559 g/mol. The lowest BCUT2D eigenvalue weighted by Gasteiger charge is -2.13. The van der Waals surface area contributed by atoms with Crippen molar-refractivity contribution < 1.29 is 19.1 Å². The number of methoxy groups -OCH3 is 1. The van der Waals surface area contributed by atoms with Crippen molar-refractivity contribution in [1.82, 2.24) is 5.43 Å². The first-order valence-electron chi connectivity index (χ1n) is 11.6. The Morgan fingerprint density at radius 1 is 0.946 bits per heavy atom. The number of carbonyl (C=O) groups excluding carboxylic acids is 2. The minimum absolute atomic E-state index is 0.390. The van der Waals surface area contributed by atoms with Gasteiger partial charge < -0.3 is 14.8 Å². The summed E-state index contributed by atoms with van der Waals surface area (Å²) >= 11 is 3.37. The summed E-state index contributed by atoms with van der Waals surface area (Å²) in [6.45, 7) is 1.91. The van der Waals surface area contributed by atoms with Gasteiger partial charge in [-0.15, -0.1) is 0 Å². The molecule has 0 saturated carbocycles. The smallest absolute Gasteiger partial charge is 0.252 e. The summed E-state index contributed by atoms with van der Waals surface area (Å²) in [4.78, 5) is 24.8. The molecule has 0 aliphatic carbocycles. The van der Waals surface area contributed by atoms with E-state index in [4.69, 9.17) is 9.47 Å². The Labute approximate surface area is 223 Å². The van der Waals surface area contributed by atoms with Gasteiger partial charge in [0.15, 0.2) is 11.5 Å². The fourth-order valence-corrected chi connectivity index (χ4v) is 4.03. The van der Waals surface area contributed by atoms with Crippen LogP contribution in [-0.2, 0) is 16.2 Å². The minimum Gasteiger partial charge on any atom is -0.493 e. The van der Waals surface area contributed by atoms with Gasteiger partial charge in [0.2, 0.25) is 5.91 Å². The number of hydrogen-bond acceptors (Lipinski definition) is 5. The molecule has 4 rings (SSSR count). The third-order valence-electron chi connectivity index (χ3n) is 5.76. The fourth-order valence-electron chi connectivity index (χ4n) is 3.65. The molecular weight excluding hydrogens is 534 g/mol. The lowest BCUT2D eigenvalue weighted by Crippen LogP contribution is -2.34. The number of anilines is 1.